The van der Waals surface area contributed by atoms with Gasteiger partial charge >= 0.3 is 6.03 Å². The number of urea groups is 1. The summed E-state index contributed by atoms with van der Waals surface area (Å²) in [4.78, 5) is 49.8. The molecule has 1 saturated heterocycles. The van der Waals surface area contributed by atoms with E-state index in [9.17, 15) is 19.2 Å². The molecule has 1 aromatic carbocycles. The molecule has 4 N–H and O–H groups in total. The zero-order valence-electron chi connectivity index (χ0n) is 16.8. The summed E-state index contributed by atoms with van der Waals surface area (Å²) < 4.78 is 5.05. The van der Waals surface area contributed by atoms with E-state index in [-0.39, 0.29) is 11.6 Å². The Hall–Kier alpha value is -4.39. The third-order valence-electron chi connectivity index (χ3n) is 4.45. The molecule has 1 fully saturated rings. The van der Waals surface area contributed by atoms with Crippen LogP contribution in [0.2, 0.25) is 0 Å². The highest BCUT2D eigenvalue weighted by atomic mass is 16.5. The van der Waals surface area contributed by atoms with Gasteiger partial charge < -0.3 is 20.7 Å². The van der Waals surface area contributed by atoms with E-state index in [0.29, 0.717) is 12.1 Å². The summed E-state index contributed by atoms with van der Waals surface area (Å²) in [5, 5.41) is 4.39. The molecule has 0 aliphatic carbocycles. The molecule has 1 unspecified atom stereocenters. The van der Waals surface area contributed by atoms with E-state index in [0.717, 1.165) is 16.9 Å². The van der Waals surface area contributed by atoms with E-state index in [4.69, 9.17) is 10.5 Å². The molecule has 2 aliphatic rings. The minimum absolute atomic E-state index is 0.0777. The average Bonchev–Trinajstić information content (AvgIpc) is 3.23. The SMILES string of the molecule is COc1ccc2c(c1)C(=O)N(C)C2.NC(=O)c1ccc(C#CC2NC(=O)NC2=O)cn1. The number of nitrogens with zero attached hydrogens (tertiary/aromatic N) is 2. The first kappa shape index (κ1) is 21.3. The van der Waals surface area contributed by atoms with Gasteiger partial charge in [-0.1, -0.05) is 17.9 Å². The van der Waals surface area contributed by atoms with Crippen LogP contribution in [-0.2, 0) is 11.3 Å². The number of amides is 5. The van der Waals surface area contributed by atoms with Crippen molar-refractivity contribution in [1.29, 1.82) is 0 Å². The number of carbonyl (C=O) groups excluding carboxylic acids is 4. The number of ether oxygens (including phenoxy) is 1. The predicted octanol–water partition coefficient (Wildman–Crippen LogP) is 0.0208. The van der Waals surface area contributed by atoms with Crippen LogP contribution >= 0.6 is 0 Å². The Bertz CT molecular complexity index is 1120. The number of imide groups is 1. The second-order valence-electron chi connectivity index (χ2n) is 6.65. The van der Waals surface area contributed by atoms with E-state index in [1.54, 1.807) is 31.2 Å². The monoisotopic (exact) mass is 421 g/mol. The largest absolute Gasteiger partial charge is 0.497 e. The molecule has 3 heterocycles. The Morgan fingerprint density at radius 2 is 2.03 bits per heavy atom. The quantitative estimate of drug-likeness (QED) is 0.461. The Kier molecular flexibility index (Phi) is 6.16. The third kappa shape index (κ3) is 4.97. The van der Waals surface area contributed by atoms with Crippen molar-refractivity contribution in [2.75, 3.05) is 14.2 Å². The van der Waals surface area contributed by atoms with Crippen molar-refractivity contribution in [2.45, 2.75) is 12.6 Å². The molecule has 1 aromatic heterocycles. The number of rotatable bonds is 2. The summed E-state index contributed by atoms with van der Waals surface area (Å²) in [6, 6.07) is 7.16. The summed E-state index contributed by atoms with van der Waals surface area (Å²) in [6.07, 6.45) is 1.36. The molecule has 0 saturated carbocycles. The van der Waals surface area contributed by atoms with E-state index in [1.807, 2.05) is 12.1 Å². The Morgan fingerprint density at radius 1 is 1.26 bits per heavy atom. The molecule has 4 rings (SSSR count). The molecular formula is C21H19N5O5. The molecule has 2 aromatic rings. The van der Waals surface area contributed by atoms with Gasteiger partial charge in [-0.05, 0) is 29.8 Å². The average molecular weight is 421 g/mol. The van der Waals surface area contributed by atoms with E-state index >= 15 is 0 Å². The molecule has 1 atom stereocenters. The minimum atomic E-state index is -0.867. The van der Waals surface area contributed by atoms with Crippen molar-refractivity contribution in [2.24, 2.45) is 5.73 Å². The normalized spacial score (nSPS) is 16.3. The van der Waals surface area contributed by atoms with Gasteiger partial charge in [0.2, 0.25) is 0 Å². The van der Waals surface area contributed by atoms with Crippen molar-refractivity contribution >= 4 is 23.8 Å². The lowest BCUT2D eigenvalue weighted by Crippen LogP contribution is -2.26. The first-order valence-corrected chi connectivity index (χ1v) is 9.09. The van der Waals surface area contributed by atoms with E-state index in [1.165, 1.54) is 12.3 Å². The standard InChI is InChI=1S/C11H8N4O3.C10H11NO2/c12-9(16)7-3-1-6(5-13-7)2-4-8-10(17)15-11(18)14-8;1-11-6-7-3-4-8(13-2)5-9(7)10(11)12/h1,3,5,8H,(H2,12,16)(H2,14,15,17,18);3-5H,6H2,1-2H3. The highest BCUT2D eigenvalue weighted by molar-refractivity contribution is 6.05. The zero-order chi connectivity index (χ0) is 22.5. The van der Waals surface area contributed by atoms with Crippen molar-refractivity contribution in [3.63, 3.8) is 0 Å². The minimum Gasteiger partial charge on any atom is -0.497 e. The van der Waals surface area contributed by atoms with Gasteiger partial charge in [0, 0.05) is 30.9 Å². The highest BCUT2D eigenvalue weighted by Crippen LogP contribution is 2.25. The third-order valence-corrected chi connectivity index (χ3v) is 4.45. The molecule has 31 heavy (non-hydrogen) atoms. The van der Waals surface area contributed by atoms with Crippen molar-refractivity contribution in [3.05, 3.63) is 58.9 Å². The number of methoxy groups -OCH3 is 1. The fourth-order valence-corrected chi connectivity index (χ4v) is 2.84. The summed E-state index contributed by atoms with van der Waals surface area (Å²) in [5.74, 6) is 4.94. The van der Waals surface area contributed by atoms with Crippen LogP contribution < -0.4 is 21.1 Å². The first-order valence-electron chi connectivity index (χ1n) is 9.09. The lowest BCUT2D eigenvalue weighted by molar-refractivity contribution is -0.119. The van der Waals surface area contributed by atoms with Gasteiger partial charge in [-0.3, -0.25) is 19.7 Å². The number of nitrogens with one attached hydrogen (secondary N) is 2. The number of pyridine rings is 1. The molecule has 5 amide bonds. The molecular weight excluding hydrogens is 402 g/mol. The smallest absolute Gasteiger partial charge is 0.322 e. The van der Waals surface area contributed by atoms with Crippen LogP contribution in [0.15, 0.2) is 36.5 Å². The molecule has 0 radical (unpaired) electrons. The highest BCUT2D eigenvalue weighted by Gasteiger charge is 2.27. The molecule has 158 valence electrons. The van der Waals surface area contributed by atoms with E-state index < -0.39 is 23.9 Å². The number of aromatic nitrogens is 1. The topological polar surface area (TPSA) is 144 Å². The van der Waals surface area contributed by atoms with Crippen LogP contribution in [0, 0.1) is 11.8 Å². The van der Waals surface area contributed by atoms with Crippen molar-refractivity contribution < 1.29 is 23.9 Å². The number of primary amides is 1. The van der Waals surface area contributed by atoms with Crippen molar-refractivity contribution in [1.82, 2.24) is 20.5 Å². The number of nitrogens with two attached hydrogens (primary N) is 1. The summed E-state index contributed by atoms with van der Waals surface area (Å²) in [6.45, 7) is 0.707. The second-order valence-corrected chi connectivity index (χ2v) is 6.65. The number of hydrogen-bond acceptors (Lipinski definition) is 6. The van der Waals surface area contributed by atoms with E-state index in [2.05, 4.69) is 27.5 Å². The summed E-state index contributed by atoms with van der Waals surface area (Å²) in [5.41, 5.74) is 7.52. The maximum atomic E-state index is 11.5. The van der Waals surface area contributed by atoms with Gasteiger partial charge in [0.1, 0.15) is 11.4 Å². The van der Waals surface area contributed by atoms with Crippen LogP contribution in [0.1, 0.15) is 32.0 Å². The van der Waals surface area contributed by atoms with Gasteiger partial charge in [0.05, 0.1) is 7.11 Å². The summed E-state index contributed by atoms with van der Waals surface area (Å²) >= 11 is 0. The maximum absolute atomic E-state index is 11.5. The Balaban J connectivity index is 0.000000185. The lowest BCUT2D eigenvalue weighted by atomic mass is 10.1. The number of hydrogen-bond donors (Lipinski definition) is 3. The number of fused-ring (bicyclic) bond motifs is 1. The lowest BCUT2D eigenvalue weighted by Gasteiger charge is -2.04. The van der Waals surface area contributed by atoms with Crippen LogP contribution in [0.25, 0.3) is 0 Å². The molecule has 2 aliphatic heterocycles. The summed E-state index contributed by atoms with van der Waals surface area (Å²) in [7, 11) is 3.40. The first-order chi connectivity index (χ1) is 14.8. The fraction of sp³-hybridized carbons (Fsp3) is 0.190. The fourth-order valence-electron chi connectivity index (χ4n) is 2.84. The van der Waals surface area contributed by atoms with Gasteiger partial charge in [0.25, 0.3) is 17.7 Å². The Morgan fingerprint density at radius 3 is 2.61 bits per heavy atom. The van der Waals surface area contributed by atoms with Crippen LogP contribution in [0.4, 0.5) is 4.79 Å². The van der Waals surface area contributed by atoms with Crippen molar-refractivity contribution in [3.8, 4) is 17.6 Å². The van der Waals surface area contributed by atoms with Crippen LogP contribution in [0.5, 0.6) is 5.75 Å². The number of carbonyl (C=O) groups is 4. The molecule has 0 spiro atoms. The molecule has 0 bridgehead atoms. The number of benzene rings is 1. The molecule has 10 heteroatoms. The van der Waals surface area contributed by atoms with Gasteiger partial charge in [-0.25, -0.2) is 9.78 Å². The maximum Gasteiger partial charge on any atom is 0.322 e. The van der Waals surface area contributed by atoms with Crippen LogP contribution in [-0.4, -0.2) is 53.8 Å². The van der Waals surface area contributed by atoms with Gasteiger partial charge in [-0.15, -0.1) is 0 Å². The predicted molar refractivity (Wildman–Crippen MR) is 109 cm³/mol. The molecule has 10 nitrogen and oxygen atoms in total. The van der Waals surface area contributed by atoms with Gasteiger partial charge in [0.15, 0.2) is 6.04 Å². The zero-order valence-corrected chi connectivity index (χ0v) is 16.8. The Labute approximate surface area is 177 Å². The second kappa shape index (κ2) is 8.96. The van der Waals surface area contributed by atoms with Crippen LogP contribution in [0.3, 0.4) is 0 Å². The van der Waals surface area contributed by atoms with Gasteiger partial charge in [-0.2, -0.15) is 0 Å².